The summed E-state index contributed by atoms with van der Waals surface area (Å²) in [5.74, 6) is 2.18. The van der Waals surface area contributed by atoms with Crippen molar-refractivity contribution in [1.29, 1.82) is 0 Å². The average molecular weight is 327 g/mol. The van der Waals surface area contributed by atoms with Crippen molar-refractivity contribution in [3.63, 3.8) is 0 Å². The Balaban J connectivity index is 1.78. The molecular weight excluding hydrogens is 306 g/mol. The van der Waals surface area contributed by atoms with Gasteiger partial charge in [-0.05, 0) is 41.8 Å². The highest BCUT2D eigenvalue weighted by molar-refractivity contribution is 5.95. The number of benzene rings is 2. The fourth-order valence-electron chi connectivity index (χ4n) is 2.71. The van der Waals surface area contributed by atoms with E-state index in [9.17, 15) is 4.79 Å². The third-order valence-corrected chi connectivity index (χ3v) is 4.06. The summed E-state index contributed by atoms with van der Waals surface area (Å²) < 4.78 is 15.8. The Hall–Kier alpha value is -2.69. The van der Waals surface area contributed by atoms with Crippen LogP contribution >= 0.6 is 0 Å². The SMILES string of the molecule is COc1ccc(C(NC(=O)c2ccc3c(c2)OCO3)C(C)C)cc1. The molecule has 0 aromatic heterocycles. The van der Waals surface area contributed by atoms with Crippen LogP contribution in [0.25, 0.3) is 0 Å². The molecule has 1 unspecified atom stereocenters. The maximum absolute atomic E-state index is 12.6. The maximum atomic E-state index is 12.6. The van der Waals surface area contributed by atoms with Gasteiger partial charge in [-0.15, -0.1) is 0 Å². The lowest BCUT2D eigenvalue weighted by Crippen LogP contribution is -2.31. The zero-order valence-corrected chi connectivity index (χ0v) is 14.0. The fourth-order valence-corrected chi connectivity index (χ4v) is 2.71. The van der Waals surface area contributed by atoms with Gasteiger partial charge in [0.05, 0.1) is 13.2 Å². The summed E-state index contributed by atoms with van der Waals surface area (Å²) in [5.41, 5.74) is 1.60. The van der Waals surface area contributed by atoms with E-state index in [-0.39, 0.29) is 24.7 Å². The molecule has 5 heteroatoms. The quantitative estimate of drug-likeness (QED) is 0.912. The number of hydrogen-bond donors (Lipinski definition) is 1. The summed E-state index contributed by atoms with van der Waals surface area (Å²) in [6.07, 6.45) is 0. The normalized spacial score (nSPS) is 13.7. The third kappa shape index (κ3) is 3.30. The first kappa shape index (κ1) is 16.2. The number of fused-ring (bicyclic) bond motifs is 1. The van der Waals surface area contributed by atoms with Crippen LogP contribution in [0.3, 0.4) is 0 Å². The minimum Gasteiger partial charge on any atom is -0.497 e. The predicted octanol–water partition coefficient (Wildman–Crippen LogP) is 3.55. The first-order valence-electron chi connectivity index (χ1n) is 7.93. The van der Waals surface area contributed by atoms with E-state index in [1.54, 1.807) is 25.3 Å². The molecule has 1 atom stereocenters. The molecule has 1 aliphatic rings. The summed E-state index contributed by atoms with van der Waals surface area (Å²) >= 11 is 0. The molecule has 1 aliphatic heterocycles. The third-order valence-electron chi connectivity index (χ3n) is 4.06. The number of nitrogens with one attached hydrogen (secondary N) is 1. The molecular formula is C19H21NO4. The second-order valence-corrected chi connectivity index (χ2v) is 6.04. The molecule has 0 spiro atoms. The molecule has 0 aliphatic carbocycles. The van der Waals surface area contributed by atoms with Gasteiger partial charge in [0.1, 0.15) is 5.75 Å². The number of rotatable bonds is 5. The number of amides is 1. The predicted molar refractivity (Wildman–Crippen MR) is 90.6 cm³/mol. The van der Waals surface area contributed by atoms with Crippen LogP contribution in [0.5, 0.6) is 17.2 Å². The van der Waals surface area contributed by atoms with Gasteiger partial charge < -0.3 is 19.5 Å². The summed E-state index contributed by atoms with van der Waals surface area (Å²) in [5, 5.41) is 3.10. The monoisotopic (exact) mass is 327 g/mol. The average Bonchev–Trinajstić information content (AvgIpc) is 3.07. The van der Waals surface area contributed by atoms with Crippen LogP contribution in [0.2, 0.25) is 0 Å². The molecule has 1 heterocycles. The van der Waals surface area contributed by atoms with E-state index in [1.807, 2.05) is 24.3 Å². The fraction of sp³-hybridized carbons (Fsp3) is 0.316. The Bertz CT molecular complexity index is 725. The lowest BCUT2D eigenvalue weighted by molar-refractivity contribution is 0.0925. The minimum atomic E-state index is -0.136. The molecule has 1 N–H and O–H groups in total. The van der Waals surface area contributed by atoms with E-state index in [0.717, 1.165) is 11.3 Å². The van der Waals surface area contributed by atoms with Crippen LogP contribution in [-0.4, -0.2) is 19.8 Å². The van der Waals surface area contributed by atoms with Crippen molar-refractivity contribution >= 4 is 5.91 Å². The second kappa shape index (κ2) is 6.83. The molecule has 0 saturated heterocycles. The molecule has 0 bridgehead atoms. The summed E-state index contributed by atoms with van der Waals surface area (Å²) in [7, 11) is 1.64. The molecule has 5 nitrogen and oxygen atoms in total. The van der Waals surface area contributed by atoms with Crippen molar-refractivity contribution in [2.45, 2.75) is 19.9 Å². The van der Waals surface area contributed by atoms with E-state index in [2.05, 4.69) is 19.2 Å². The van der Waals surface area contributed by atoms with Crippen LogP contribution in [0.15, 0.2) is 42.5 Å². The summed E-state index contributed by atoms with van der Waals surface area (Å²) in [6.45, 7) is 4.35. The van der Waals surface area contributed by atoms with E-state index >= 15 is 0 Å². The number of ether oxygens (including phenoxy) is 3. The largest absolute Gasteiger partial charge is 0.497 e. The van der Waals surface area contributed by atoms with Gasteiger partial charge in [-0.2, -0.15) is 0 Å². The molecule has 1 amide bonds. The van der Waals surface area contributed by atoms with E-state index in [1.165, 1.54) is 0 Å². The number of hydrogen-bond acceptors (Lipinski definition) is 4. The maximum Gasteiger partial charge on any atom is 0.251 e. The van der Waals surface area contributed by atoms with Gasteiger partial charge in [0, 0.05) is 5.56 Å². The first-order valence-corrected chi connectivity index (χ1v) is 7.93. The van der Waals surface area contributed by atoms with Crippen LogP contribution < -0.4 is 19.5 Å². The lowest BCUT2D eigenvalue weighted by atomic mass is 9.95. The first-order chi connectivity index (χ1) is 11.6. The Morgan fingerprint density at radius 1 is 1.08 bits per heavy atom. The molecule has 24 heavy (non-hydrogen) atoms. The highest BCUT2D eigenvalue weighted by Gasteiger charge is 2.21. The second-order valence-electron chi connectivity index (χ2n) is 6.04. The smallest absolute Gasteiger partial charge is 0.251 e. The van der Waals surface area contributed by atoms with Crippen molar-refractivity contribution in [3.8, 4) is 17.2 Å². The van der Waals surface area contributed by atoms with Crippen LogP contribution in [0.1, 0.15) is 35.8 Å². The van der Waals surface area contributed by atoms with Crippen LogP contribution in [-0.2, 0) is 0 Å². The zero-order chi connectivity index (χ0) is 17.1. The number of carbonyl (C=O) groups is 1. The van der Waals surface area contributed by atoms with Crippen molar-refractivity contribution < 1.29 is 19.0 Å². The summed E-state index contributed by atoms with van der Waals surface area (Å²) in [6, 6.07) is 12.9. The van der Waals surface area contributed by atoms with Gasteiger partial charge >= 0.3 is 0 Å². The molecule has 126 valence electrons. The topological polar surface area (TPSA) is 56.8 Å². The van der Waals surface area contributed by atoms with Gasteiger partial charge in [0.25, 0.3) is 5.91 Å². The van der Waals surface area contributed by atoms with Crippen molar-refractivity contribution in [2.24, 2.45) is 5.92 Å². The standard InChI is InChI=1S/C19H21NO4/c1-12(2)18(13-4-7-15(22-3)8-5-13)20-19(21)14-6-9-16-17(10-14)24-11-23-16/h4-10,12,18H,11H2,1-3H3,(H,20,21). The van der Waals surface area contributed by atoms with Crippen molar-refractivity contribution in [2.75, 3.05) is 13.9 Å². The van der Waals surface area contributed by atoms with E-state index in [0.29, 0.717) is 17.1 Å². The Morgan fingerprint density at radius 2 is 1.79 bits per heavy atom. The molecule has 2 aromatic rings. The van der Waals surface area contributed by atoms with Gasteiger partial charge in [-0.25, -0.2) is 0 Å². The Morgan fingerprint density at radius 3 is 2.46 bits per heavy atom. The number of carbonyl (C=O) groups excluding carboxylic acids is 1. The van der Waals surface area contributed by atoms with Gasteiger partial charge in [-0.3, -0.25) is 4.79 Å². The van der Waals surface area contributed by atoms with Gasteiger partial charge in [0.15, 0.2) is 11.5 Å². The van der Waals surface area contributed by atoms with E-state index in [4.69, 9.17) is 14.2 Å². The molecule has 0 saturated carbocycles. The van der Waals surface area contributed by atoms with E-state index < -0.39 is 0 Å². The summed E-state index contributed by atoms with van der Waals surface area (Å²) in [4.78, 5) is 12.6. The Kier molecular flexibility index (Phi) is 4.60. The lowest BCUT2D eigenvalue weighted by Gasteiger charge is -2.23. The Labute approximate surface area is 141 Å². The molecule has 3 rings (SSSR count). The van der Waals surface area contributed by atoms with Crippen LogP contribution in [0.4, 0.5) is 0 Å². The van der Waals surface area contributed by atoms with Gasteiger partial charge in [0.2, 0.25) is 6.79 Å². The molecule has 2 aromatic carbocycles. The number of methoxy groups -OCH3 is 1. The van der Waals surface area contributed by atoms with Crippen molar-refractivity contribution in [3.05, 3.63) is 53.6 Å². The minimum absolute atomic E-state index is 0.0890. The zero-order valence-electron chi connectivity index (χ0n) is 14.0. The highest BCUT2D eigenvalue weighted by Crippen LogP contribution is 2.33. The molecule has 0 radical (unpaired) electrons. The molecule has 0 fully saturated rings. The highest BCUT2D eigenvalue weighted by atomic mass is 16.7. The van der Waals surface area contributed by atoms with Crippen LogP contribution in [0, 0.1) is 5.92 Å². The van der Waals surface area contributed by atoms with Crippen molar-refractivity contribution in [1.82, 2.24) is 5.32 Å². The van der Waals surface area contributed by atoms with Gasteiger partial charge in [-0.1, -0.05) is 26.0 Å².